The van der Waals surface area contributed by atoms with Crippen molar-refractivity contribution in [2.75, 3.05) is 22.8 Å². The molecule has 10 heteroatoms. The van der Waals surface area contributed by atoms with Gasteiger partial charge >= 0.3 is 6.18 Å². The number of rotatable bonds is 6. The van der Waals surface area contributed by atoms with Crippen LogP contribution in [0.3, 0.4) is 0 Å². The molecule has 0 bridgehead atoms. The number of sulfonamides is 1. The van der Waals surface area contributed by atoms with Crippen molar-refractivity contribution in [1.82, 2.24) is 0 Å². The van der Waals surface area contributed by atoms with E-state index in [1.807, 2.05) is 12.1 Å². The van der Waals surface area contributed by atoms with Crippen LogP contribution < -0.4 is 14.4 Å². The summed E-state index contributed by atoms with van der Waals surface area (Å²) in [4.78, 5) is 12.2. The van der Waals surface area contributed by atoms with Gasteiger partial charge in [-0.05, 0) is 73.0 Å². The number of aryl methyl sites for hydroxylation is 1. The van der Waals surface area contributed by atoms with Gasteiger partial charge < -0.3 is 10.1 Å². The summed E-state index contributed by atoms with van der Waals surface area (Å²) in [6.07, 6.45) is -3.81. The van der Waals surface area contributed by atoms with Crippen molar-refractivity contribution in [3.63, 3.8) is 0 Å². The van der Waals surface area contributed by atoms with E-state index < -0.39 is 34.3 Å². The molecule has 1 N–H and O–H groups in total. The highest BCUT2D eigenvalue weighted by atomic mass is 32.2. The minimum Gasteiger partial charge on any atom is -0.483 e. The average Bonchev–Trinajstić information content (AvgIpc) is 3.23. The Hall–Kier alpha value is -3.53. The molecule has 0 saturated heterocycles. The predicted octanol–water partition coefficient (Wildman–Crippen LogP) is 4.78. The van der Waals surface area contributed by atoms with Crippen LogP contribution in [0.25, 0.3) is 0 Å². The van der Waals surface area contributed by atoms with Crippen LogP contribution in [0.1, 0.15) is 16.7 Å². The van der Waals surface area contributed by atoms with Gasteiger partial charge in [0.15, 0.2) is 6.61 Å². The predicted molar refractivity (Wildman–Crippen MR) is 121 cm³/mol. The van der Waals surface area contributed by atoms with E-state index in [1.54, 1.807) is 19.1 Å². The Kier molecular flexibility index (Phi) is 6.26. The van der Waals surface area contributed by atoms with Gasteiger partial charge in [0.2, 0.25) is 0 Å². The van der Waals surface area contributed by atoms with E-state index in [-0.39, 0.29) is 10.6 Å². The van der Waals surface area contributed by atoms with Crippen LogP contribution in [0.5, 0.6) is 5.75 Å². The largest absolute Gasteiger partial charge is 0.483 e. The molecule has 178 valence electrons. The summed E-state index contributed by atoms with van der Waals surface area (Å²) in [7, 11) is -3.76. The number of carbonyl (C=O) groups is 1. The first-order valence-corrected chi connectivity index (χ1v) is 11.8. The number of carbonyl (C=O) groups excluding carboxylic acids is 1. The molecule has 3 aromatic carbocycles. The molecule has 0 spiro atoms. The second-order valence-electron chi connectivity index (χ2n) is 7.80. The lowest BCUT2D eigenvalue weighted by Crippen LogP contribution is -2.29. The highest BCUT2D eigenvalue weighted by Gasteiger charge is 2.31. The molecule has 0 atom stereocenters. The molecule has 0 fully saturated rings. The molecular weight excluding hydrogens is 469 g/mol. The topological polar surface area (TPSA) is 75.7 Å². The van der Waals surface area contributed by atoms with Crippen LogP contribution in [-0.4, -0.2) is 27.5 Å². The lowest BCUT2D eigenvalue weighted by Gasteiger charge is -2.20. The van der Waals surface area contributed by atoms with Crippen molar-refractivity contribution >= 4 is 27.3 Å². The maximum atomic E-state index is 13.2. The second kappa shape index (κ2) is 9.02. The Morgan fingerprint density at radius 2 is 1.76 bits per heavy atom. The summed E-state index contributed by atoms with van der Waals surface area (Å²) < 4.78 is 71.1. The minimum atomic E-state index is -4.46. The zero-order valence-corrected chi connectivity index (χ0v) is 18.9. The molecule has 3 aromatic rings. The number of ether oxygens (including phenoxy) is 1. The number of benzene rings is 3. The Labute approximate surface area is 195 Å². The molecule has 1 heterocycles. The summed E-state index contributed by atoms with van der Waals surface area (Å²) in [5.74, 6) is -0.243. The van der Waals surface area contributed by atoms with Crippen LogP contribution in [0.15, 0.2) is 71.6 Å². The minimum absolute atomic E-state index is 0.114. The Bertz CT molecular complexity index is 1320. The zero-order valence-electron chi connectivity index (χ0n) is 18.1. The molecule has 34 heavy (non-hydrogen) atoms. The van der Waals surface area contributed by atoms with Gasteiger partial charge in [0.05, 0.1) is 16.1 Å². The van der Waals surface area contributed by atoms with Crippen LogP contribution in [0, 0.1) is 6.92 Å². The quantitative estimate of drug-likeness (QED) is 0.540. The molecule has 0 aliphatic carbocycles. The fourth-order valence-electron chi connectivity index (χ4n) is 3.71. The van der Waals surface area contributed by atoms with Crippen LogP contribution in [0.4, 0.5) is 24.5 Å². The fraction of sp³-hybridized carbons (Fsp3) is 0.208. The Morgan fingerprint density at radius 1 is 1.06 bits per heavy atom. The summed E-state index contributed by atoms with van der Waals surface area (Å²) >= 11 is 0. The average molecular weight is 491 g/mol. The van der Waals surface area contributed by atoms with Gasteiger partial charge in [0, 0.05) is 12.2 Å². The van der Waals surface area contributed by atoms with E-state index in [0.717, 1.165) is 29.8 Å². The molecule has 1 amide bonds. The van der Waals surface area contributed by atoms with Gasteiger partial charge in [-0.15, -0.1) is 0 Å². The number of nitrogens with zero attached hydrogens (tertiary/aromatic N) is 1. The summed E-state index contributed by atoms with van der Waals surface area (Å²) in [6.45, 7) is 1.64. The van der Waals surface area contributed by atoms with Crippen molar-refractivity contribution in [2.45, 2.75) is 24.4 Å². The third-order valence-corrected chi connectivity index (χ3v) is 7.24. The van der Waals surface area contributed by atoms with E-state index >= 15 is 0 Å². The van der Waals surface area contributed by atoms with Gasteiger partial charge in [-0.3, -0.25) is 9.10 Å². The lowest BCUT2D eigenvalue weighted by molar-refractivity contribution is -0.137. The number of para-hydroxylation sites is 1. The SMILES string of the molecule is Cc1cc(S(=O)(=O)N2CCc3ccccc32)ccc1OCC(=O)Nc1ccc(C(F)(F)F)cc1. The molecule has 0 radical (unpaired) electrons. The number of fused-ring (bicyclic) bond motifs is 1. The first-order chi connectivity index (χ1) is 16.1. The van der Waals surface area contributed by atoms with Crippen LogP contribution in [0.2, 0.25) is 0 Å². The number of nitrogens with one attached hydrogen (secondary N) is 1. The smallest absolute Gasteiger partial charge is 0.416 e. The van der Waals surface area contributed by atoms with Crippen molar-refractivity contribution in [1.29, 1.82) is 0 Å². The number of hydrogen-bond donors (Lipinski definition) is 1. The maximum absolute atomic E-state index is 13.2. The molecule has 0 aromatic heterocycles. The van der Waals surface area contributed by atoms with Crippen LogP contribution >= 0.6 is 0 Å². The van der Waals surface area contributed by atoms with E-state index in [0.29, 0.717) is 30.0 Å². The molecule has 6 nitrogen and oxygen atoms in total. The summed E-state index contributed by atoms with van der Waals surface area (Å²) in [6, 6.07) is 15.8. The summed E-state index contributed by atoms with van der Waals surface area (Å²) in [5.41, 5.74) is 1.55. The third-order valence-electron chi connectivity index (χ3n) is 5.43. The number of halogens is 3. The van der Waals surface area contributed by atoms with Crippen molar-refractivity contribution in [3.05, 3.63) is 83.4 Å². The third kappa shape index (κ3) is 4.86. The molecule has 1 aliphatic heterocycles. The number of anilines is 2. The van der Waals surface area contributed by atoms with Crippen molar-refractivity contribution < 1.29 is 31.1 Å². The standard InChI is InChI=1S/C24H21F3N2O4S/c1-16-14-20(34(31,32)29-13-12-17-4-2-3-5-21(17)29)10-11-22(16)33-15-23(30)28-19-8-6-18(7-9-19)24(25,26)27/h2-11,14H,12-13,15H2,1H3,(H,28,30). The van der Waals surface area contributed by atoms with Gasteiger partial charge in [-0.25, -0.2) is 8.42 Å². The highest BCUT2D eigenvalue weighted by molar-refractivity contribution is 7.92. The zero-order chi connectivity index (χ0) is 24.5. The van der Waals surface area contributed by atoms with Crippen molar-refractivity contribution in [3.8, 4) is 5.75 Å². The molecule has 0 unspecified atom stereocenters. The molecule has 0 saturated carbocycles. The molecular formula is C24H21F3N2O4S. The highest BCUT2D eigenvalue weighted by Crippen LogP contribution is 2.34. The van der Waals surface area contributed by atoms with Crippen molar-refractivity contribution in [2.24, 2.45) is 0 Å². The van der Waals surface area contributed by atoms with Gasteiger partial charge in [-0.2, -0.15) is 13.2 Å². The van der Waals surface area contributed by atoms with Crippen LogP contribution in [-0.2, 0) is 27.4 Å². The lowest BCUT2D eigenvalue weighted by atomic mass is 10.2. The van der Waals surface area contributed by atoms with Gasteiger partial charge in [0.25, 0.3) is 15.9 Å². The number of amides is 1. The van der Waals surface area contributed by atoms with Gasteiger partial charge in [-0.1, -0.05) is 18.2 Å². The Balaban J connectivity index is 1.40. The normalized spacial score (nSPS) is 13.5. The number of alkyl halides is 3. The maximum Gasteiger partial charge on any atom is 0.416 e. The monoisotopic (exact) mass is 490 g/mol. The van der Waals surface area contributed by atoms with E-state index in [2.05, 4.69) is 5.32 Å². The Morgan fingerprint density at radius 3 is 2.44 bits per heavy atom. The first kappa shape index (κ1) is 23.6. The van der Waals surface area contributed by atoms with Gasteiger partial charge in [0.1, 0.15) is 5.75 Å². The first-order valence-electron chi connectivity index (χ1n) is 10.4. The molecule has 1 aliphatic rings. The second-order valence-corrected chi connectivity index (χ2v) is 9.66. The fourth-order valence-corrected chi connectivity index (χ4v) is 5.30. The van der Waals surface area contributed by atoms with E-state index in [4.69, 9.17) is 4.74 Å². The molecule has 4 rings (SSSR count). The number of hydrogen-bond acceptors (Lipinski definition) is 4. The summed E-state index contributed by atoms with van der Waals surface area (Å²) in [5, 5.41) is 2.46. The van der Waals surface area contributed by atoms with E-state index in [9.17, 15) is 26.4 Å². The van der Waals surface area contributed by atoms with E-state index in [1.165, 1.54) is 22.5 Å².